The van der Waals surface area contributed by atoms with E-state index < -0.39 is 5.60 Å². The number of carbonyl (C=O) groups is 1. The van der Waals surface area contributed by atoms with Crippen LogP contribution in [0.2, 0.25) is 0 Å². The first kappa shape index (κ1) is 14.1. The summed E-state index contributed by atoms with van der Waals surface area (Å²) in [6.45, 7) is 9.08. The summed E-state index contributed by atoms with van der Waals surface area (Å²) in [6, 6.07) is 1.74. The SMILES string of the molecule is Cc1cc(CN2CCC[C@H]2C(=O)OC(C)(C)C)on1. The fraction of sp³-hybridized carbons (Fsp3) is 0.714. The quantitative estimate of drug-likeness (QED) is 0.786. The number of aromatic nitrogens is 1. The van der Waals surface area contributed by atoms with Crippen molar-refractivity contribution in [1.29, 1.82) is 0 Å². The second kappa shape index (κ2) is 5.33. The Balaban J connectivity index is 1.98. The molecule has 0 amide bonds. The number of hydrogen-bond donors (Lipinski definition) is 0. The molecule has 0 saturated carbocycles. The van der Waals surface area contributed by atoms with Gasteiger partial charge in [-0.1, -0.05) is 5.16 Å². The summed E-state index contributed by atoms with van der Waals surface area (Å²) in [5, 5.41) is 3.87. The molecule has 0 bridgehead atoms. The fourth-order valence-corrected chi connectivity index (χ4v) is 2.34. The second-order valence-corrected chi connectivity index (χ2v) is 6.10. The third kappa shape index (κ3) is 3.80. The molecule has 1 fully saturated rings. The minimum absolute atomic E-state index is 0.138. The summed E-state index contributed by atoms with van der Waals surface area (Å²) in [5.74, 6) is 0.661. The van der Waals surface area contributed by atoms with Crippen molar-refractivity contribution in [3.63, 3.8) is 0 Å². The molecular weight excluding hydrogens is 244 g/mol. The van der Waals surface area contributed by atoms with Gasteiger partial charge in [0.25, 0.3) is 0 Å². The van der Waals surface area contributed by atoms with Gasteiger partial charge in [0.15, 0.2) is 5.76 Å². The van der Waals surface area contributed by atoms with Gasteiger partial charge in [-0.3, -0.25) is 9.69 Å². The molecular formula is C14H22N2O3. The predicted molar refractivity (Wildman–Crippen MR) is 70.5 cm³/mol. The third-order valence-corrected chi connectivity index (χ3v) is 3.08. The van der Waals surface area contributed by atoms with E-state index >= 15 is 0 Å². The monoisotopic (exact) mass is 266 g/mol. The van der Waals surface area contributed by atoms with Crippen molar-refractivity contribution in [1.82, 2.24) is 10.1 Å². The van der Waals surface area contributed by atoms with Crippen LogP contribution in [0.25, 0.3) is 0 Å². The molecule has 0 unspecified atom stereocenters. The van der Waals surface area contributed by atoms with Gasteiger partial charge >= 0.3 is 5.97 Å². The Morgan fingerprint density at radius 2 is 2.32 bits per heavy atom. The van der Waals surface area contributed by atoms with Crippen molar-refractivity contribution in [3.05, 3.63) is 17.5 Å². The lowest BCUT2D eigenvalue weighted by Crippen LogP contribution is -2.40. The maximum Gasteiger partial charge on any atom is 0.323 e. The van der Waals surface area contributed by atoms with Gasteiger partial charge in [-0.25, -0.2) is 0 Å². The van der Waals surface area contributed by atoms with Crippen molar-refractivity contribution in [2.75, 3.05) is 6.54 Å². The van der Waals surface area contributed by atoms with Gasteiger partial charge in [0, 0.05) is 6.07 Å². The molecule has 1 aliphatic heterocycles. The van der Waals surface area contributed by atoms with E-state index in [0.717, 1.165) is 30.8 Å². The van der Waals surface area contributed by atoms with E-state index in [-0.39, 0.29) is 12.0 Å². The van der Waals surface area contributed by atoms with Crippen LogP contribution < -0.4 is 0 Å². The van der Waals surface area contributed by atoms with Gasteiger partial charge in [0.05, 0.1) is 12.2 Å². The zero-order chi connectivity index (χ0) is 14.0. The average Bonchev–Trinajstić information content (AvgIpc) is 2.86. The Bertz CT molecular complexity index is 448. The van der Waals surface area contributed by atoms with Crippen LogP contribution >= 0.6 is 0 Å². The van der Waals surface area contributed by atoms with Gasteiger partial charge in [-0.15, -0.1) is 0 Å². The van der Waals surface area contributed by atoms with Crippen molar-refractivity contribution in [3.8, 4) is 0 Å². The van der Waals surface area contributed by atoms with Gasteiger partial charge in [-0.05, 0) is 47.1 Å². The van der Waals surface area contributed by atoms with E-state index in [1.165, 1.54) is 0 Å². The van der Waals surface area contributed by atoms with Crippen LogP contribution in [0, 0.1) is 6.92 Å². The number of aryl methyl sites for hydroxylation is 1. The van der Waals surface area contributed by atoms with Crippen LogP contribution in [0.5, 0.6) is 0 Å². The molecule has 0 spiro atoms. The van der Waals surface area contributed by atoms with E-state index in [1.54, 1.807) is 0 Å². The molecule has 5 nitrogen and oxygen atoms in total. The largest absolute Gasteiger partial charge is 0.459 e. The summed E-state index contributed by atoms with van der Waals surface area (Å²) in [4.78, 5) is 14.3. The van der Waals surface area contributed by atoms with Crippen LogP contribution in [0.4, 0.5) is 0 Å². The van der Waals surface area contributed by atoms with E-state index in [2.05, 4.69) is 10.1 Å². The number of rotatable bonds is 3. The predicted octanol–water partition coefficient (Wildman–Crippen LogP) is 2.29. The molecule has 1 aliphatic rings. The van der Waals surface area contributed by atoms with Crippen LogP contribution in [-0.2, 0) is 16.1 Å². The Labute approximate surface area is 113 Å². The van der Waals surface area contributed by atoms with E-state index in [4.69, 9.17) is 9.26 Å². The lowest BCUT2D eigenvalue weighted by atomic mass is 10.1. The molecule has 1 aromatic rings. The number of ether oxygens (including phenoxy) is 1. The summed E-state index contributed by atoms with van der Waals surface area (Å²) in [7, 11) is 0. The Hall–Kier alpha value is -1.36. The van der Waals surface area contributed by atoms with Crippen LogP contribution in [-0.4, -0.2) is 34.2 Å². The standard InChI is InChI=1S/C14H22N2O3/c1-10-8-11(19-15-10)9-16-7-5-6-12(16)13(17)18-14(2,3)4/h8,12H,5-7,9H2,1-4H3/t12-/m0/s1. The molecule has 0 radical (unpaired) electrons. The lowest BCUT2D eigenvalue weighted by Gasteiger charge is -2.26. The zero-order valence-electron chi connectivity index (χ0n) is 12.1. The molecule has 106 valence electrons. The highest BCUT2D eigenvalue weighted by molar-refractivity contribution is 5.76. The fourth-order valence-electron chi connectivity index (χ4n) is 2.34. The molecule has 1 aromatic heterocycles. The Morgan fingerprint density at radius 1 is 1.58 bits per heavy atom. The van der Waals surface area contributed by atoms with E-state index in [1.807, 2.05) is 33.8 Å². The van der Waals surface area contributed by atoms with Gasteiger partial charge in [0.1, 0.15) is 11.6 Å². The van der Waals surface area contributed by atoms with Crippen LogP contribution in [0.1, 0.15) is 45.1 Å². The van der Waals surface area contributed by atoms with Crippen molar-refractivity contribution in [2.24, 2.45) is 0 Å². The first-order valence-electron chi connectivity index (χ1n) is 6.74. The van der Waals surface area contributed by atoms with Gasteiger partial charge in [-0.2, -0.15) is 0 Å². The van der Waals surface area contributed by atoms with E-state index in [0.29, 0.717) is 6.54 Å². The average molecular weight is 266 g/mol. The van der Waals surface area contributed by atoms with Gasteiger partial charge in [0.2, 0.25) is 0 Å². The summed E-state index contributed by atoms with van der Waals surface area (Å²) in [6.07, 6.45) is 1.86. The third-order valence-electron chi connectivity index (χ3n) is 3.08. The molecule has 19 heavy (non-hydrogen) atoms. The van der Waals surface area contributed by atoms with Crippen LogP contribution in [0.3, 0.4) is 0 Å². The highest BCUT2D eigenvalue weighted by atomic mass is 16.6. The highest BCUT2D eigenvalue weighted by Gasteiger charge is 2.34. The Morgan fingerprint density at radius 3 is 2.89 bits per heavy atom. The lowest BCUT2D eigenvalue weighted by molar-refractivity contribution is -0.160. The topological polar surface area (TPSA) is 55.6 Å². The number of likely N-dealkylation sites (tertiary alicyclic amines) is 1. The number of esters is 1. The maximum absolute atomic E-state index is 12.2. The zero-order valence-corrected chi connectivity index (χ0v) is 12.1. The minimum Gasteiger partial charge on any atom is -0.459 e. The summed E-state index contributed by atoms with van der Waals surface area (Å²) in [5.41, 5.74) is 0.428. The van der Waals surface area contributed by atoms with Crippen LogP contribution in [0.15, 0.2) is 10.6 Å². The molecule has 5 heteroatoms. The van der Waals surface area contributed by atoms with Crippen molar-refractivity contribution >= 4 is 5.97 Å². The molecule has 2 heterocycles. The number of carbonyl (C=O) groups excluding carboxylic acids is 1. The molecule has 1 saturated heterocycles. The maximum atomic E-state index is 12.2. The Kier molecular flexibility index (Phi) is 3.94. The summed E-state index contributed by atoms with van der Waals surface area (Å²) < 4.78 is 10.7. The first-order chi connectivity index (χ1) is 8.85. The molecule has 2 rings (SSSR count). The molecule has 0 aromatic carbocycles. The first-order valence-corrected chi connectivity index (χ1v) is 6.74. The molecule has 0 N–H and O–H groups in total. The minimum atomic E-state index is -0.436. The van der Waals surface area contributed by atoms with Gasteiger partial charge < -0.3 is 9.26 Å². The van der Waals surface area contributed by atoms with Crippen molar-refractivity contribution < 1.29 is 14.1 Å². The molecule has 1 atom stereocenters. The summed E-state index contributed by atoms with van der Waals surface area (Å²) >= 11 is 0. The number of hydrogen-bond acceptors (Lipinski definition) is 5. The normalized spacial score (nSPS) is 20.7. The smallest absolute Gasteiger partial charge is 0.323 e. The second-order valence-electron chi connectivity index (χ2n) is 6.10. The number of nitrogens with zero attached hydrogens (tertiary/aromatic N) is 2. The molecule has 0 aliphatic carbocycles. The van der Waals surface area contributed by atoms with E-state index in [9.17, 15) is 4.79 Å². The van der Waals surface area contributed by atoms with Crippen molar-refractivity contribution in [2.45, 2.75) is 58.7 Å². The highest BCUT2D eigenvalue weighted by Crippen LogP contribution is 2.23.